The summed E-state index contributed by atoms with van der Waals surface area (Å²) in [5, 5.41) is 7.10. The van der Waals surface area contributed by atoms with Crippen molar-refractivity contribution in [2.24, 2.45) is 5.41 Å². The van der Waals surface area contributed by atoms with Crippen LogP contribution in [0, 0.1) is 5.41 Å². The van der Waals surface area contributed by atoms with E-state index in [-0.39, 0.29) is 16.2 Å². The van der Waals surface area contributed by atoms with Crippen molar-refractivity contribution in [3.8, 4) is 0 Å². The highest BCUT2D eigenvalue weighted by atomic mass is 79.9. The molecule has 2 atom stereocenters. The molecule has 0 amide bonds. The first kappa shape index (κ1) is 21.2. The number of aromatic nitrogens is 4. The number of benzene rings is 1. The van der Waals surface area contributed by atoms with Gasteiger partial charge in [-0.2, -0.15) is 5.10 Å². The highest BCUT2D eigenvalue weighted by Gasteiger charge is 2.50. The van der Waals surface area contributed by atoms with E-state index in [1.807, 2.05) is 27.0 Å². The lowest BCUT2D eigenvalue weighted by molar-refractivity contribution is 0.176. The molecular formula is C22H27BrN6OS. The monoisotopic (exact) mass is 502 g/mol. The average Bonchev–Trinajstić information content (AvgIpc) is 3.26. The molecule has 1 unspecified atom stereocenters. The van der Waals surface area contributed by atoms with Crippen molar-refractivity contribution in [2.45, 2.75) is 50.8 Å². The average molecular weight is 503 g/mol. The molecule has 3 heterocycles. The van der Waals surface area contributed by atoms with Gasteiger partial charge >= 0.3 is 0 Å². The van der Waals surface area contributed by atoms with Crippen molar-refractivity contribution in [2.75, 3.05) is 18.0 Å². The largest absolute Gasteiger partial charge is 0.598 e. The van der Waals surface area contributed by atoms with Gasteiger partial charge in [-0.25, -0.2) is 9.97 Å². The van der Waals surface area contributed by atoms with Crippen LogP contribution in [0.25, 0.3) is 11.2 Å². The molecule has 1 aliphatic heterocycles. The molecule has 2 N–H and O–H groups in total. The maximum absolute atomic E-state index is 13.0. The van der Waals surface area contributed by atoms with Crippen molar-refractivity contribution < 1.29 is 4.55 Å². The van der Waals surface area contributed by atoms with Gasteiger partial charge in [0.25, 0.3) is 0 Å². The van der Waals surface area contributed by atoms with E-state index >= 15 is 0 Å². The van der Waals surface area contributed by atoms with Crippen molar-refractivity contribution >= 4 is 44.3 Å². The molecule has 7 nitrogen and oxygen atoms in total. The molecule has 0 bridgehead atoms. The van der Waals surface area contributed by atoms with Crippen LogP contribution < -0.4 is 9.62 Å². The minimum Gasteiger partial charge on any atom is -0.598 e. The van der Waals surface area contributed by atoms with E-state index < -0.39 is 11.4 Å². The number of piperidine rings is 1. The second-order valence-corrected chi connectivity index (χ2v) is 12.4. The standard InChI is InChI=1S/C22H27BrN6OS/c1-21(2,3)31(30)28-18-15-7-5-4-6-14(15)12-22(18)8-10-29(11-9-22)16-13-24-17-19(23)26-27-20(17)25-16/h4-7,13,18,28H,8-12H2,1-3H3,(H,25,26,27)/t18-,31?/m1/s1. The third-order valence-electron chi connectivity index (χ3n) is 6.59. The van der Waals surface area contributed by atoms with E-state index in [4.69, 9.17) is 4.98 Å². The van der Waals surface area contributed by atoms with Crippen LogP contribution in [0.1, 0.15) is 50.8 Å². The van der Waals surface area contributed by atoms with E-state index in [9.17, 15) is 4.55 Å². The quantitative estimate of drug-likeness (QED) is 0.524. The summed E-state index contributed by atoms with van der Waals surface area (Å²) >= 11 is 2.29. The third-order valence-corrected chi connectivity index (χ3v) is 8.71. The molecule has 2 aliphatic rings. The minimum atomic E-state index is -1.12. The SMILES string of the molecule is CC(C)(C)[S+]([O-])N[C@@H]1c2ccccc2CC12CCN(c1cnc3c(Br)[nH]nc3n1)CC2. The Labute approximate surface area is 193 Å². The van der Waals surface area contributed by atoms with E-state index in [0.717, 1.165) is 48.3 Å². The lowest BCUT2D eigenvalue weighted by Gasteiger charge is -2.44. The normalized spacial score (nSPS) is 21.6. The number of nitrogens with zero attached hydrogens (tertiary/aromatic N) is 4. The van der Waals surface area contributed by atoms with E-state index in [1.165, 1.54) is 11.1 Å². The summed E-state index contributed by atoms with van der Waals surface area (Å²) in [6.45, 7) is 7.84. The predicted molar refractivity (Wildman–Crippen MR) is 127 cm³/mol. The minimum absolute atomic E-state index is 0.0635. The van der Waals surface area contributed by atoms with Crippen LogP contribution in [0.2, 0.25) is 0 Å². The number of hydrogen-bond acceptors (Lipinski definition) is 6. The van der Waals surface area contributed by atoms with Crippen LogP contribution in [0.15, 0.2) is 35.1 Å². The summed E-state index contributed by atoms with van der Waals surface area (Å²) in [7, 11) is 0. The Bertz CT molecular complexity index is 1100. The van der Waals surface area contributed by atoms with Crippen LogP contribution in [-0.4, -0.2) is 42.6 Å². The summed E-state index contributed by atoms with van der Waals surface area (Å²) in [5.74, 6) is 0.861. The van der Waals surface area contributed by atoms with Gasteiger partial charge in [-0.3, -0.25) is 5.10 Å². The van der Waals surface area contributed by atoms with E-state index in [2.05, 4.69) is 65.0 Å². The molecule has 1 aliphatic carbocycles. The molecule has 3 aromatic rings. The second-order valence-electron chi connectivity index (χ2n) is 9.59. The first-order valence-electron chi connectivity index (χ1n) is 10.6. The Morgan fingerprint density at radius 3 is 2.74 bits per heavy atom. The van der Waals surface area contributed by atoms with Gasteiger partial charge < -0.3 is 9.45 Å². The fourth-order valence-corrected chi connectivity index (χ4v) is 6.13. The summed E-state index contributed by atoms with van der Waals surface area (Å²) in [6, 6.07) is 8.72. The summed E-state index contributed by atoms with van der Waals surface area (Å²) < 4.78 is 17.0. The molecule has 31 heavy (non-hydrogen) atoms. The van der Waals surface area contributed by atoms with Crippen LogP contribution in [0.4, 0.5) is 5.82 Å². The van der Waals surface area contributed by atoms with Crippen molar-refractivity contribution in [3.63, 3.8) is 0 Å². The Balaban J connectivity index is 1.39. The lowest BCUT2D eigenvalue weighted by Crippen LogP contribution is -2.49. The second kappa shape index (κ2) is 7.72. The zero-order valence-electron chi connectivity index (χ0n) is 18.0. The fourth-order valence-electron chi connectivity index (χ4n) is 4.82. The van der Waals surface area contributed by atoms with Gasteiger partial charge in [-0.1, -0.05) is 24.3 Å². The molecule has 9 heteroatoms. The molecule has 1 fully saturated rings. The maximum Gasteiger partial charge on any atom is 0.202 e. The Kier molecular flexibility index (Phi) is 5.28. The third kappa shape index (κ3) is 3.75. The molecule has 2 aromatic heterocycles. The molecule has 1 saturated heterocycles. The molecule has 1 aromatic carbocycles. The molecule has 0 saturated carbocycles. The smallest absolute Gasteiger partial charge is 0.202 e. The lowest BCUT2D eigenvalue weighted by atomic mass is 9.73. The number of fused-ring (bicyclic) bond motifs is 2. The number of nitrogens with one attached hydrogen (secondary N) is 2. The molecule has 1 spiro atoms. The topological polar surface area (TPSA) is 92.8 Å². The molecular weight excluding hydrogens is 476 g/mol. The number of anilines is 1. The molecule has 5 rings (SSSR count). The summed E-state index contributed by atoms with van der Waals surface area (Å²) in [6.07, 6.45) is 4.86. The van der Waals surface area contributed by atoms with Gasteiger partial charge in [0.1, 0.15) is 20.7 Å². The molecule has 164 valence electrons. The first-order valence-corrected chi connectivity index (χ1v) is 12.6. The fraction of sp³-hybridized carbons (Fsp3) is 0.500. The van der Waals surface area contributed by atoms with Crippen molar-refractivity contribution in [1.82, 2.24) is 24.9 Å². The Morgan fingerprint density at radius 2 is 2.00 bits per heavy atom. The van der Waals surface area contributed by atoms with E-state index in [1.54, 1.807) is 0 Å². The number of H-pyrrole nitrogens is 1. The number of halogens is 1. The summed E-state index contributed by atoms with van der Waals surface area (Å²) in [5.41, 5.74) is 4.11. The van der Waals surface area contributed by atoms with Crippen LogP contribution >= 0.6 is 15.9 Å². The first-order chi connectivity index (χ1) is 14.8. The van der Waals surface area contributed by atoms with Crippen LogP contribution in [0.5, 0.6) is 0 Å². The van der Waals surface area contributed by atoms with Crippen molar-refractivity contribution in [3.05, 3.63) is 46.2 Å². The zero-order valence-corrected chi connectivity index (χ0v) is 20.4. The number of hydrogen-bond donors (Lipinski definition) is 2. The Hall–Kier alpha value is -1.68. The van der Waals surface area contributed by atoms with Gasteiger partial charge in [0.2, 0.25) is 5.65 Å². The van der Waals surface area contributed by atoms with Gasteiger partial charge in [0.05, 0.1) is 12.2 Å². The number of rotatable bonds is 3. The summed E-state index contributed by atoms with van der Waals surface area (Å²) in [4.78, 5) is 11.5. The van der Waals surface area contributed by atoms with E-state index in [0.29, 0.717) is 5.65 Å². The Morgan fingerprint density at radius 1 is 1.26 bits per heavy atom. The van der Waals surface area contributed by atoms with Gasteiger partial charge in [0.15, 0.2) is 0 Å². The highest BCUT2D eigenvalue weighted by Crippen LogP contribution is 2.52. The van der Waals surface area contributed by atoms with Gasteiger partial charge in [-0.05, 0) is 67.1 Å². The molecule has 0 radical (unpaired) electrons. The predicted octanol–water partition coefficient (Wildman–Crippen LogP) is 4.05. The van der Waals surface area contributed by atoms with Gasteiger partial charge in [-0.15, -0.1) is 4.72 Å². The van der Waals surface area contributed by atoms with Crippen molar-refractivity contribution in [1.29, 1.82) is 0 Å². The number of aromatic amines is 1. The zero-order chi connectivity index (χ0) is 21.8. The van der Waals surface area contributed by atoms with Crippen LogP contribution in [-0.2, 0) is 17.8 Å². The van der Waals surface area contributed by atoms with Gasteiger partial charge in [0, 0.05) is 29.9 Å². The highest BCUT2D eigenvalue weighted by molar-refractivity contribution is 9.10. The maximum atomic E-state index is 13.0. The van der Waals surface area contributed by atoms with Crippen LogP contribution in [0.3, 0.4) is 0 Å².